The number of aryl methyl sites for hydroxylation is 2. The van der Waals surface area contributed by atoms with E-state index in [2.05, 4.69) is 50.2 Å². The van der Waals surface area contributed by atoms with Crippen LogP contribution in [-0.2, 0) is 12.8 Å². The lowest BCUT2D eigenvalue weighted by atomic mass is 10.2. The van der Waals surface area contributed by atoms with Crippen LogP contribution in [0.5, 0.6) is 0 Å². The van der Waals surface area contributed by atoms with Crippen LogP contribution in [0.3, 0.4) is 0 Å². The van der Waals surface area contributed by atoms with Crippen molar-refractivity contribution in [3.8, 4) is 32.8 Å². The van der Waals surface area contributed by atoms with E-state index in [0.29, 0.717) is 0 Å². The number of hydrogen-bond acceptors (Lipinski definition) is 4. The summed E-state index contributed by atoms with van der Waals surface area (Å²) in [6, 6.07) is 16.9. The van der Waals surface area contributed by atoms with Gasteiger partial charge in [-0.3, -0.25) is 0 Å². The first-order valence-corrected chi connectivity index (χ1v) is 12.8. The topological polar surface area (TPSA) is 26.3 Å². The van der Waals surface area contributed by atoms with Crippen molar-refractivity contribution in [1.29, 1.82) is 0 Å². The summed E-state index contributed by atoms with van der Waals surface area (Å²) in [5, 5.41) is 0. The predicted molar refractivity (Wildman–Crippen MR) is 129 cm³/mol. The molecule has 0 radical (unpaired) electrons. The van der Waals surface area contributed by atoms with Gasteiger partial charge in [0.05, 0.1) is 9.75 Å². The Morgan fingerprint density at radius 2 is 0.967 bits per heavy atom. The summed E-state index contributed by atoms with van der Waals surface area (Å²) in [5.41, 5.74) is 0. The molecule has 4 rings (SSSR count). The third-order valence-corrected chi connectivity index (χ3v) is 7.64. The molecule has 4 aromatic rings. The molecule has 0 saturated heterocycles. The van der Waals surface area contributed by atoms with E-state index in [4.69, 9.17) is 8.83 Å². The second-order valence-corrected chi connectivity index (χ2v) is 10.1. The second-order valence-electron chi connectivity index (χ2n) is 7.77. The zero-order chi connectivity index (χ0) is 20.8. The molecule has 0 aliphatic heterocycles. The summed E-state index contributed by atoms with van der Waals surface area (Å²) in [6.45, 7) is 4.49. The van der Waals surface area contributed by atoms with Gasteiger partial charge in [0.1, 0.15) is 11.5 Å². The van der Waals surface area contributed by atoms with Gasteiger partial charge in [-0.25, -0.2) is 0 Å². The van der Waals surface area contributed by atoms with E-state index < -0.39 is 0 Å². The molecule has 0 spiro atoms. The molecule has 30 heavy (non-hydrogen) atoms. The first kappa shape index (κ1) is 21.2. The van der Waals surface area contributed by atoms with Crippen LogP contribution in [0, 0.1) is 0 Å². The molecule has 0 atom stereocenters. The van der Waals surface area contributed by atoms with Crippen LogP contribution < -0.4 is 0 Å². The Bertz CT molecular complexity index is 962. The standard InChI is InChI=1S/C26H30O2S2/c1-3-5-7-9-19-11-17-25(29-19)23-15-13-21(27-23)22-14-16-24(28-22)26-18-12-20(30-26)10-8-6-4-2/h11-18H,3-10H2,1-2H3. The maximum Gasteiger partial charge on any atom is 0.170 e. The van der Waals surface area contributed by atoms with E-state index in [1.54, 1.807) is 0 Å². The Kier molecular flexibility index (Phi) is 7.29. The SMILES string of the molecule is CCCCCc1ccc(-c2ccc(-c3ccc(-c4ccc(CCCCC)s4)o3)o2)s1. The van der Waals surface area contributed by atoms with Gasteiger partial charge in [-0.05, 0) is 74.2 Å². The van der Waals surface area contributed by atoms with Crippen molar-refractivity contribution in [2.75, 3.05) is 0 Å². The fourth-order valence-electron chi connectivity index (χ4n) is 3.59. The maximum absolute atomic E-state index is 6.13. The summed E-state index contributed by atoms with van der Waals surface area (Å²) in [4.78, 5) is 5.25. The largest absolute Gasteiger partial charge is 0.452 e. The van der Waals surface area contributed by atoms with Crippen molar-refractivity contribution in [2.45, 2.75) is 65.2 Å². The van der Waals surface area contributed by atoms with Crippen molar-refractivity contribution in [3.63, 3.8) is 0 Å². The van der Waals surface area contributed by atoms with E-state index in [9.17, 15) is 0 Å². The molecule has 4 heteroatoms. The van der Waals surface area contributed by atoms with Crippen molar-refractivity contribution >= 4 is 22.7 Å². The molecule has 0 saturated carbocycles. The highest BCUT2D eigenvalue weighted by atomic mass is 32.1. The van der Waals surface area contributed by atoms with Gasteiger partial charge in [0.15, 0.2) is 11.5 Å². The molecular formula is C26H30O2S2. The molecule has 4 heterocycles. The molecule has 0 amide bonds. The zero-order valence-corrected chi connectivity index (χ0v) is 19.5. The molecule has 0 unspecified atom stereocenters. The van der Waals surface area contributed by atoms with Crippen molar-refractivity contribution in [2.24, 2.45) is 0 Å². The Morgan fingerprint density at radius 3 is 1.40 bits per heavy atom. The van der Waals surface area contributed by atoms with Gasteiger partial charge in [-0.15, -0.1) is 22.7 Å². The monoisotopic (exact) mass is 438 g/mol. The fraction of sp³-hybridized carbons (Fsp3) is 0.385. The second kappa shape index (κ2) is 10.3. The van der Waals surface area contributed by atoms with Crippen molar-refractivity contribution < 1.29 is 8.83 Å². The summed E-state index contributed by atoms with van der Waals surface area (Å²) >= 11 is 3.67. The smallest absolute Gasteiger partial charge is 0.170 e. The normalized spacial score (nSPS) is 11.4. The number of hydrogen-bond donors (Lipinski definition) is 0. The van der Waals surface area contributed by atoms with Gasteiger partial charge in [0, 0.05) is 9.75 Å². The van der Waals surface area contributed by atoms with Gasteiger partial charge in [0.25, 0.3) is 0 Å². The molecule has 2 nitrogen and oxygen atoms in total. The number of unbranched alkanes of at least 4 members (excludes halogenated alkanes) is 4. The minimum Gasteiger partial charge on any atom is -0.452 e. The van der Waals surface area contributed by atoms with Gasteiger partial charge in [-0.2, -0.15) is 0 Å². The summed E-state index contributed by atoms with van der Waals surface area (Å²) in [6.07, 6.45) is 9.96. The Balaban J connectivity index is 1.43. The summed E-state index contributed by atoms with van der Waals surface area (Å²) in [7, 11) is 0. The van der Waals surface area contributed by atoms with E-state index in [1.807, 2.05) is 34.8 Å². The number of rotatable bonds is 11. The average Bonchev–Trinajstić information content (AvgIpc) is 3.53. The van der Waals surface area contributed by atoms with Gasteiger partial charge < -0.3 is 8.83 Å². The van der Waals surface area contributed by atoms with Crippen molar-refractivity contribution in [1.82, 2.24) is 0 Å². The Morgan fingerprint density at radius 1 is 0.533 bits per heavy atom. The highest BCUT2D eigenvalue weighted by Crippen LogP contribution is 2.37. The van der Waals surface area contributed by atoms with E-state index in [-0.39, 0.29) is 0 Å². The first-order chi connectivity index (χ1) is 14.8. The molecule has 0 bridgehead atoms. The van der Waals surface area contributed by atoms with Gasteiger partial charge >= 0.3 is 0 Å². The maximum atomic E-state index is 6.13. The fourth-order valence-corrected chi connectivity index (χ4v) is 5.62. The lowest BCUT2D eigenvalue weighted by molar-refractivity contribution is 0.540. The Labute approximate surface area is 187 Å². The summed E-state index contributed by atoms with van der Waals surface area (Å²) in [5.74, 6) is 3.42. The average molecular weight is 439 g/mol. The molecule has 0 fully saturated rings. The third-order valence-electron chi connectivity index (χ3n) is 5.32. The quantitative estimate of drug-likeness (QED) is 0.218. The third kappa shape index (κ3) is 5.16. The van der Waals surface area contributed by atoms with Crippen LogP contribution in [0.25, 0.3) is 32.8 Å². The number of furan rings is 2. The zero-order valence-electron chi connectivity index (χ0n) is 17.9. The van der Waals surface area contributed by atoms with E-state index >= 15 is 0 Å². The first-order valence-electron chi connectivity index (χ1n) is 11.1. The molecule has 4 aromatic heterocycles. The van der Waals surface area contributed by atoms with E-state index in [1.165, 1.54) is 58.0 Å². The summed E-state index contributed by atoms with van der Waals surface area (Å²) < 4.78 is 12.3. The molecule has 158 valence electrons. The van der Waals surface area contributed by atoms with Crippen LogP contribution in [-0.4, -0.2) is 0 Å². The molecule has 0 aliphatic carbocycles. The van der Waals surface area contributed by atoms with E-state index in [0.717, 1.165) is 35.9 Å². The van der Waals surface area contributed by atoms with Crippen LogP contribution in [0.4, 0.5) is 0 Å². The molecule has 0 N–H and O–H groups in total. The van der Waals surface area contributed by atoms with Crippen LogP contribution in [0.2, 0.25) is 0 Å². The van der Waals surface area contributed by atoms with Gasteiger partial charge in [0.2, 0.25) is 0 Å². The highest BCUT2D eigenvalue weighted by molar-refractivity contribution is 7.15. The minimum absolute atomic E-state index is 0.789. The van der Waals surface area contributed by atoms with Crippen molar-refractivity contribution in [3.05, 3.63) is 58.3 Å². The predicted octanol–water partition coefficient (Wildman–Crippen LogP) is 9.46. The lowest BCUT2D eigenvalue weighted by Gasteiger charge is -1.96. The minimum atomic E-state index is 0.789. The Hall–Kier alpha value is -2.04. The van der Waals surface area contributed by atoms with Crippen LogP contribution >= 0.6 is 22.7 Å². The molecular weight excluding hydrogens is 408 g/mol. The molecule has 0 aromatic carbocycles. The van der Waals surface area contributed by atoms with Crippen LogP contribution in [0.15, 0.2) is 57.4 Å². The highest BCUT2D eigenvalue weighted by Gasteiger charge is 2.14. The lowest BCUT2D eigenvalue weighted by Crippen LogP contribution is -1.78. The van der Waals surface area contributed by atoms with Crippen LogP contribution in [0.1, 0.15) is 62.1 Å². The van der Waals surface area contributed by atoms with Gasteiger partial charge in [-0.1, -0.05) is 39.5 Å². The number of thiophene rings is 2. The molecule has 0 aliphatic rings.